The minimum atomic E-state index is -0.486. The van der Waals surface area contributed by atoms with Crippen molar-refractivity contribution in [2.24, 2.45) is 0 Å². The molecule has 0 aliphatic carbocycles. The van der Waals surface area contributed by atoms with E-state index in [9.17, 15) is 4.79 Å². The third-order valence-electron chi connectivity index (χ3n) is 6.50. The number of H-pyrrole nitrogens is 1. The van der Waals surface area contributed by atoms with Gasteiger partial charge in [0.15, 0.2) is 5.58 Å². The molecule has 200 valence electrons. The molecule has 4 aromatic heterocycles. The Bertz CT molecular complexity index is 1630. The van der Waals surface area contributed by atoms with Crippen molar-refractivity contribution in [2.75, 3.05) is 31.5 Å². The first-order chi connectivity index (χ1) is 18.8. The summed E-state index contributed by atoms with van der Waals surface area (Å²) in [6, 6.07) is 11.8. The van der Waals surface area contributed by atoms with Crippen molar-refractivity contribution in [1.29, 1.82) is 0 Å². The topological polar surface area (TPSA) is 125 Å². The highest BCUT2D eigenvalue weighted by Gasteiger charge is 2.26. The number of fused-ring (bicyclic) bond motifs is 2. The van der Waals surface area contributed by atoms with Crippen molar-refractivity contribution in [3.05, 3.63) is 60.7 Å². The quantitative estimate of drug-likeness (QED) is 0.327. The molecule has 0 saturated carbocycles. The molecule has 0 spiro atoms. The molecule has 1 fully saturated rings. The molecule has 0 bridgehead atoms. The standard InChI is InChI=1S/C28H30N8O3/c1-28(2,3)39-27(37)36-11-9-35(10-12-36)16-18-6-8-29-23(14-18)34-26-32-20-5-4-19(15-22(20)33-26)24-25-21(7-13-38-25)30-17-31-24/h4-8,13-15,17H,9-12,16H2,1-3H3,(H2,29,32,33,34). The van der Waals surface area contributed by atoms with Gasteiger partial charge in [0.05, 0.1) is 17.3 Å². The Morgan fingerprint density at radius 1 is 1.05 bits per heavy atom. The van der Waals surface area contributed by atoms with E-state index in [1.807, 2.05) is 57.2 Å². The van der Waals surface area contributed by atoms with Crippen LogP contribution >= 0.6 is 0 Å². The summed E-state index contributed by atoms with van der Waals surface area (Å²) in [6.07, 6.45) is 4.70. The zero-order valence-corrected chi connectivity index (χ0v) is 22.1. The number of hydrogen-bond acceptors (Lipinski definition) is 9. The monoisotopic (exact) mass is 526 g/mol. The van der Waals surface area contributed by atoms with E-state index >= 15 is 0 Å². The van der Waals surface area contributed by atoms with E-state index in [0.29, 0.717) is 30.4 Å². The van der Waals surface area contributed by atoms with Crippen LogP contribution < -0.4 is 5.32 Å². The van der Waals surface area contributed by atoms with Crippen molar-refractivity contribution in [3.8, 4) is 11.3 Å². The van der Waals surface area contributed by atoms with Crippen LogP contribution in [-0.2, 0) is 11.3 Å². The molecular formula is C28H30N8O3. The lowest BCUT2D eigenvalue weighted by Crippen LogP contribution is -2.49. The minimum absolute atomic E-state index is 0.248. The van der Waals surface area contributed by atoms with Crippen LogP contribution in [0.5, 0.6) is 0 Å². The zero-order chi connectivity index (χ0) is 27.0. The fraction of sp³-hybridized carbons (Fsp3) is 0.321. The highest BCUT2D eigenvalue weighted by molar-refractivity contribution is 5.91. The Morgan fingerprint density at radius 2 is 1.90 bits per heavy atom. The maximum atomic E-state index is 12.3. The third kappa shape index (κ3) is 5.53. The summed E-state index contributed by atoms with van der Waals surface area (Å²) in [4.78, 5) is 37.6. The molecule has 1 aliphatic heterocycles. The second-order valence-corrected chi connectivity index (χ2v) is 10.6. The summed E-state index contributed by atoms with van der Waals surface area (Å²) in [6.45, 7) is 9.28. The van der Waals surface area contributed by atoms with Gasteiger partial charge in [-0.2, -0.15) is 0 Å². The molecule has 11 nitrogen and oxygen atoms in total. The van der Waals surface area contributed by atoms with Crippen molar-refractivity contribution >= 4 is 40.0 Å². The third-order valence-corrected chi connectivity index (χ3v) is 6.50. The van der Waals surface area contributed by atoms with Gasteiger partial charge in [0.2, 0.25) is 5.95 Å². The largest absolute Gasteiger partial charge is 0.460 e. The van der Waals surface area contributed by atoms with Gasteiger partial charge in [-0.05, 0) is 50.6 Å². The zero-order valence-electron chi connectivity index (χ0n) is 22.1. The maximum Gasteiger partial charge on any atom is 0.410 e. The summed E-state index contributed by atoms with van der Waals surface area (Å²) in [5, 5.41) is 3.29. The number of carbonyl (C=O) groups is 1. The normalized spacial score (nSPS) is 14.7. The number of amides is 1. The van der Waals surface area contributed by atoms with Crippen LogP contribution in [0.4, 0.5) is 16.6 Å². The lowest BCUT2D eigenvalue weighted by Gasteiger charge is -2.35. The Morgan fingerprint density at radius 3 is 2.72 bits per heavy atom. The van der Waals surface area contributed by atoms with Gasteiger partial charge >= 0.3 is 6.09 Å². The van der Waals surface area contributed by atoms with E-state index in [0.717, 1.165) is 53.0 Å². The number of nitrogens with zero attached hydrogens (tertiary/aromatic N) is 6. The number of ether oxygens (including phenoxy) is 1. The van der Waals surface area contributed by atoms with Gasteiger partial charge in [-0.25, -0.2) is 24.7 Å². The molecule has 0 atom stereocenters. The molecule has 6 rings (SSSR count). The molecule has 39 heavy (non-hydrogen) atoms. The van der Waals surface area contributed by atoms with Gasteiger partial charge in [0.1, 0.15) is 29.0 Å². The minimum Gasteiger partial charge on any atom is -0.460 e. The molecule has 0 unspecified atom stereocenters. The highest BCUT2D eigenvalue weighted by Crippen LogP contribution is 2.29. The molecular weight excluding hydrogens is 496 g/mol. The molecule has 1 saturated heterocycles. The number of rotatable bonds is 5. The van der Waals surface area contributed by atoms with Crippen LogP contribution in [0.1, 0.15) is 26.3 Å². The lowest BCUT2D eigenvalue weighted by molar-refractivity contribution is 0.0139. The summed E-state index contributed by atoms with van der Waals surface area (Å²) in [7, 11) is 0. The number of pyridine rings is 1. The molecule has 5 aromatic rings. The number of aromatic amines is 1. The average Bonchev–Trinajstić information content (AvgIpc) is 3.54. The summed E-state index contributed by atoms with van der Waals surface area (Å²) in [5.41, 5.74) is 5.40. The van der Waals surface area contributed by atoms with Crippen LogP contribution in [0.25, 0.3) is 33.4 Å². The molecule has 1 aromatic carbocycles. The van der Waals surface area contributed by atoms with Crippen LogP contribution in [0.3, 0.4) is 0 Å². The number of anilines is 2. The fourth-order valence-corrected chi connectivity index (χ4v) is 4.65. The Balaban J connectivity index is 1.11. The molecule has 11 heteroatoms. The number of nitrogens with one attached hydrogen (secondary N) is 2. The van der Waals surface area contributed by atoms with Gasteiger partial charge < -0.3 is 24.4 Å². The van der Waals surface area contributed by atoms with Gasteiger partial charge in [-0.3, -0.25) is 4.90 Å². The van der Waals surface area contributed by atoms with E-state index < -0.39 is 5.60 Å². The maximum absolute atomic E-state index is 12.3. The van der Waals surface area contributed by atoms with Crippen LogP contribution in [0.15, 0.2) is 59.6 Å². The number of hydrogen-bond donors (Lipinski definition) is 2. The first-order valence-corrected chi connectivity index (χ1v) is 12.9. The number of furan rings is 1. The second-order valence-electron chi connectivity index (χ2n) is 10.6. The first-order valence-electron chi connectivity index (χ1n) is 12.9. The number of carbonyl (C=O) groups excluding carboxylic acids is 1. The van der Waals surface area contributed by atoms with Crippen molar-refractivity contribution in [3.63, 3.8) is 0 Å². The lowest BCUT2D eigenvalue weighted by atomic mass is 10.1. The fourth-order valence-electron chi connectivity index (χ4n) is 4.65. The first kappa shape index (κ1) is 24.8. The number of imidazole rings is 1. The molecule has 5 heterocycles. The number of aromatic nitrogens is 5. The van der Waals surface area contributed by atoms with E-state index in [2.05, 4.69) is 35.1 Å². The van der Waals surface area contributed by atoms with E-state index in [4.69, 9.17) is 9.15 Å². The summed E-state index contributed by atoms with van der Waals surface area (Å²) < 4.78 is 11.1. The number of benzene rings is 1. The van der Waals surface area contributed by atoms with E-state index in [-0.39, 0.29) is 6.09 Å². The van der Waals surface area contributed by atoms with E-state index in [1.54, 1.807) is 17.4 Å². The van der Waals surface area contributed by atoms with Gasteiger partial charge in [0, 0.05) is 50.6 Å². The van der Waals surface area contributed by atoms with Crippen molar-refractivity contribution in [1.82, 2.24) is 34.7 Å². The van der Waals surface area contributed by atoms with E-state index in [1.165, 1.54) is 6.33 Å². The highest BCUT2D eigenvalue weighted by atomic mass is 16.6. The van der Waals surface area contributed by atoms with Crippen molar-refractivity contribution in [2.45, 2.75) is 32.9 Å². The van der Waals surface area contributed by atoms with Crippen LogP contribution in [0.2, 0.25) is 0 Å². The van der Waals surface area contributed by atoms with Crippen LogP contribution in [-0.4, -0.2) is 72.6 Å². The summed E-state index contributed by atoms with van der Waals surface area (Å²) in [5.74, 6) is 1.30. The number of piperazine rings is 1. The van der Waals surface area contributed by atoms with Crippen LogP contribution in [0, 0.1) is 0 Å². The molecule has 1 amide bonds. The molecule has 0 radical (unpaired) electrons. The smallest absolute Gasteiger partial charge is 0.410 e. The Hall–Kier alpha value is -4.51. The van der Waals surface area contributed by atoms with Gasteiger partial charge in [0.25, 0.3) is 0 Å². The summed E-state index contributed by atoms with van der Waals surface area (Å²) >= 11 is 0. The molecule has 1 aliphatic rings. The second kappa shape index (κ2) is 9.99. The molecule has 2 N–H and O–H groups in total. The van der Waals surface area contributed by atoms with Crippen molar-refractivity contribution < 1.29 is 13.9 Å². The predicted molar refractivity (Wildman–Crippen MR) is 147 cm³/mol. The Labute approximate surface area is 225 Å². The predicted octanol–water partition coefficient (Wildman–Crippen LogP) is 4.96. The SMILES string of the molecule is CC(C)(C)OC(=O)N1CCN(Cc2ccnc(Nc3nc4ccc(-c5ncnc6ccoc56)cc4[nH]3)c2)CC1. The van der Waals surface area contributed by atoms with Gasteiger partial charge in [-0.15, -0.1) is 0 Å². The Kier molecular flexibility index (Phi) is 6.35. The van der Waals surface area contributed by atoms with Gasteiger partial charge in [-0.1, -0.05) is 6.07 Å². The average molecular weight is 527 g/mol.